The molecule has 11 nitrogen and oxygen atoms in total. The number of anilines is 1. The Labute approximate surface area is 211 Å². The van der Waals surface area contributed by atoms with Gasteiger partial charge in [0.25, 0.3) is 5.56 Å². The first-order valence-electron chi connectivity index (χ1n) is 12.1. The number of ether oxygens (including phenoxy) is 3. The molecule has 0 radical (unpaired) electrons. The predicted molar refractivity (Wildman–Crippen MR) is 132 cm³/mol. The van der Waals surface area contributed by atoms with Crippen molar-refractivity contribution in [3.8, 4) is 11.5 Å². The number of aromatic nitrogens is 5. The van der Waals surface area contributed by atoms with E-state index in [4.69, 9.17) is 14.2 Å². The Bertz CT molecular complexity index is 1460. The summed E-state index contributed by atoms with van der Waals surface area (Å²) in [4.78, 5) is 20.9. The van der Waals surface area contributed by atoms with E-state index >= 15 is 0 Å². The minimum Gasteiger partial charge on any atom is -0.454 e. The van der Waals surface area contributed by atoms with Crippen molar-refractivity contribution >= 4 is 16.6 Å². The number of pyridine rings is 1. The summed E-state index contributed by atoms with van der Waals surface area (Å²) in [5, 5.41) is 13.2. The second kappa shape index (κ2) is 9.79. The third-order valence-electron chi connectivity index (χ3n) is 6.84. The first-order valence-corrected chi connectivity index (χ1v) is 12.1. The molecule has 0 spiro atoms. The summed E-state index contributed by atoms with van der Waals surface area (Å²) in [7, 11) is 1.62. The van der Waals surface area contributed by atoms with Crippen molar-refractivity contribution in [3.63, 3.8) is 0 Å². The minimum atomic E-state index is -0.485. The second-order valence-electron chi connectivity index (χ2n) is 9.00. The zero-order valence-electron chi connectivity index (χ0n) is 20.3. The van der Waals surface area contributed by atoms with Crippen molar-refractivity contribution in [2.45, 2.75) is 12.6 Å². The largest absolute Gasteiger partial charge is 0.454 e. The number of nitrogens with zero attached hydrogens (tertiary/aromatic N) is 6. The Balaban J connectivity index is 1.37. The van der Waals surface area contributed by atoms with E-state index in [0.29, 0.717) is 67.7 Å². The highest BCUT2D eigenvalue weighted by Crippen LogP contribution is 2.36. The van der Waals surface area contributed by atoms with Crippen LogP contribution < -0.4 is 19.9 Å². The molecule has 1 N–H and O–H groups in total. The lowest BCUT2D eigenvalue weighted by molar-refractivity contribution is 0.171. The van der Waals surface area contributed by atoms with Gasteiger partial charge < -0.3 is 24.1 Å². The molecule has 0 saturated carbocycles. The molecule has 0 bridgehead atoms. The lowest BCUT2D eigenvalue weighted by atomic mass is 10.0. The predicted octanol–water partition coefficient (Wildman–Crippen LogP) is 1.94. The molecule has 2 aromatic heterocycles. The summed E-state index contributed by atoms with van der Waals surface area (Å²) in [6.07, 6.45) is 0. The van der Waals surface area contributed by atoms with Crippen molar-refractivity contribution < 1.29 is 18.6 Å². The average molecular weight is 508 g/mol. The normalized spacial score (nSPS) is 16.4. The second-order valence-corrected chi connectivity index (χ2v) is 9.00. The highest BCUT2D eigenvalue weighted by molar-refractivity contribution is 5.83. The maximum Gasteiger partial charge on any atom is 0.253 e. The molecule has 1 fully saturated rings. The number of hydrogen-bond donors (Lipinski definition) is 1. The summed E-state index contributed by atoms with van der Waals surface area (Å²) >= 11 is 0. The Morgan fingerprint density at radius 2 is 1.84 bits per heavy atom. The third kappa shape index (κ3) is 4.49. The van der Waals surface area contributed by atoms with Gasteiger partial charge in [0.2, 0.25) is 6.79 Å². The molecule has 192 valence electrons. The standard InChI is InChI=1S/C25H26FN7O4/c1-35-11-10-33-24(28-29-30-33)23(32-8-6-31(7-9-32)18-4-2-17(26)3-5-18)19-12-16-13-21-22(37-15-36-21)14-20(16)27-25(19)34/h2-5,12-14,23H,6-11,15H2,1H3,(H,27,34)/t23-/m1/s1. The molecule has 2 aliphatic heterocycles. The highest BCUT2D eigenvalue weighted by atomic mass is 19.1. The maximum absolute atomic E-state index is 13.5. The molecule has 2 aliphatic rings. The zero-order valence-corrected chi connectivity index (χ0v) is 20.3. The van der Waals surface area contributed by atoms with Crippen LogP contribution in [0.3, 0.4) is 0 Å². The van der Waals surface area contributed by atoms with E-state index in [2.05, 4.69) is 30.3 Å². The Kier molecular flexibility index (Phi) is 6.18. The van der Waals surface area contributed by atoms with Gasteiger partial charge in [-0.15, -0.1) is 5.10 Å². The number of rotatable bonds is 7. The maximum atomic E-state index is 13.5. The van der Waals surface area contributed by atoms with Crippen molar-refractivity contribution in [2.24, 2.45) is 0 Å². The molecule has 2 aromatic carbocycles. The van der Waals surface area contributed by atoms with Gasteiger partial charge in [-0.05, 0) is 46.8 Å². The number of nitrogens with one attached hydrogen (secondary N) is 1. The Hall–Kier alpha value is -4.03. The van der Waals surface area contributed by atoms with Gasteiger partial charge in [-0.1, -0.05) is 0 Å². The molecule has 4 aromatic rings. The van der Waals surface area contributed by atoms with Crippen LogP contribution in [-0.4, -0.2) is 76.8 Å². The number of fused-ring (bicyclic) bond motifs is 2. The van der Waals surface area contributed by atoms with Crippen LogP contribution in [0, 0.1) is 5.82 Å². The van der Waals surface area contributed by atoms with Crippen molar-refractivity contribution in [2.75, 3.05) is 51.6 Å². The van der Waals surface area contributed by atoms with Gasteiger partial charge in [0.15, 0.2) is 17.3 Å². The van der Waals surface area contributed by atoms with Gasteiger partial charge in [-0.25, -0.2) is 9.07 Å². The van der Waals surface area contributed by atoms with Gasteiger partial charge in [0, 0.05) is 56.0 Å². The van der Waals surface area contributed by atoms with Gasteiger partial charge in [-0.2, -0.15) is 0 Å². The van der Waals surface area contributed by atoms with Gasteiger partial charge in [-0.3, -0.25) is 9.69 Å². The fraction of sp³-hybridized carbons (Fsp3) is 0.360. The Morgan fingerprint density at radius 3 is 2.59 bits per heavy atom. The van der Waals surface area contributed by atoms with Gasteiger partial charge >= 0.3 is 0 Å². The van der Waals surface area contributed by atoms with Crippen LogP contribution in [0.2, 0.25) is 0 Å². The van der Waals surface area contributed by atoms with E-state index in [1.165, 1.54) is 12.1 Å². The van der Waals surface area contributed by atoms with Gasteiger partial charge in [0.05, 0.1) is 18.7 Å². The van der Waals surface area contributed by atoms with Crippen molar-refractivity contribution in [1.29, 1.82) is 0 Å². The molecule has 37 heavy (non-hydrogen) atoms. The number of H-pyrrole nitrogens is 1. The van der Waals surface area contributed by atoms with E-state index in [1.807, 2.05) is 12.1 Å². The fourth-order valence-corrected chi connectivity index (χ4v) is 4.95. The molecule has 1 atom stereocenters. The summed E-state index contributed by atoms with van der Waals surface area (Å²) in [5.74, 6) is 1.55. The summed E-state index contributed by atoms with van der Waals surface area (Å²) in [6.45, 7) is 3.74. The number of piperazine rings is 1. The van der Waals surface area contributed by atoms with Crippen molar-refractivity contribution in [1.82, 2.24) is 30.1 Å². The van der Waals surface area contributed by atoms with Crippen LogP contribution in [-0.2, 0) is 11.3 Å². The van der Waals surface area contributed by atoms with Crippen LogP contribution in [0.15, 0.2) is 47.3 Å². The highest BCUT2D eigenvalue weighted by Gasteiger charge is 2.33. The van der Waals surface area contributed by atoms with Crippen molar-refractivity contribution in [3.05, 3.63) is 70.0 Å². The quantitative estimate of drug-likeness (QED) is 0.401. The van der Waals surface area contributed by atoms with E-state index in [1.54, 1.807) is 30.0 Å². The molecule has 0 aliphatic carbocycles. The number of aromatic amines is 1. The number of hydrogen-bond acceptors (Lipinski definition) is 9. The summed E-state index contributed by atoms with van der Waals surface area (Å²) in [5.41, 5.74) is 1.94. The van der Waals surface area contributed by atoms with Gasteiger partial charge in [0.1, 0.15) is 11.9 Å². The van der Waals surface area contributed by atoms with Crippen LogP contribution in [0.4, 0.5) is 10.1 Å². The molecule has 0 amide bonds. The monoisotopic (exact) mass is 507 g/mol. The van der Waals surface area contributed by atoms with E-state index < -0.39 is 6.04 Å². The van der Waals surface area contributed by atoms with Crippen LogP contribution >= 0.6 is 0 Å². The van der Waals surface area contributed by atoms with E-state index in [0.717, 1.165) is 11.1 Å². The Morgan fingerprint density at radius 1 is 1.08 bits per heavy atom. The smallest absolute Gasteiger partial charge is 0.253 e. The van der Waals surface area contributed by atoms with Crippen LogP contribution in [0.1, 0.15) is 17.4 Å². The number of halogens is 1. The molecule has 0 unspecified atom stereocenters. The summed E-state index contributed by atoms with van der Waals surface area (Å²) < 4.78 is 31.3. The molecule has 6 rings (SSSR count). The molecule has 4 heterocycles. The number of methoxy groups -OCH3 is 1. The number of benzene rings is 2. The number of tetrazole rings is 1. The summed E-state index contributed by atoms with van der Waals surface area (Å²) in [6, 6.07) is 11.5. The lowest BCUT2D eigenvalue weighted by Crippen LogP contribution is -2.49. The topological polar surface area (TPSA) is 111 Å². The van der Waals surface area contributed by atoms with Crippen LogP contribution in [0.25, 0.3) is 10.9 Å². The third-order valence-corrected chi connectivity index (χ3v) is 6.84. The average Bonchev–Trinajstić information content (AvgIpc) is 3.57. The fourth-order valence-electron chi connectivity index (χ4n) is 4.95. The molecule has 1 saturated heterocycles. The molecular weight excluding hydrogens is 481 g/mol. The van der Waals surface area contributed by atoms with Crippen LogP contribution in [0.5, 0.6) is 11.5 Å². The first-order chi connectivity index (χ1) is 18.1. The molecular formula is C25H26FN7O4. The van der Waals surface area contributed by atoms with E-state index in [9.17, 15) is 9.18 Å². The minimum absolute atomic E-state index is 0.151. The van der Waals surface area contributed by atoms with E-state index in [-0.39, 0.29) is 18.2 Å². The molecule has 12 heteroatoms. The zero-order chi connectivity index (χ0) is 25.4. The first kappa shape index (κ1) is 23.4. The SMILES string of the molecule is COCCn1nnnc1[C@@H](c1cc2cc3c(cc2[nH]c1=O)OCO3)N1CCN(c2ccc(F)cc2)CC1. The lowest BCUT2D eigenvalue weighted by Gasteiger charge is -2.39.